The molecule has 144 valence electrons. The smallest absolute Gasteiger partial charge is 0.403 e. The van der Waals surface area contributed by atoms with Crippen LogP contribution in [-0.4, -0.2) is 12.1 Å². The maximum absolute atomic E-state index is 14.5. The van der Waals surface area contributed by atoms with Crippen molar-refractivity contribution >= 4 is 5.78 Å². The maximum atomic E-state index is 14.5. The third kappa shape index (κ3) is 4.43. The van der Waals surface area contributed by atoms with Gasteiger partial charge in [0.25, 0.3) is 0 Å². The Morgan fingerprint density at radius 2 is 1.48 bits per heavy atom. The molecule has 0 spiro atoms. The minimum Gasteiger partial charge on any atom is -0.403 e. The van der Waals surface area contributed by atoms with Crippen molar-refractivity contribution in [3.8, 4) is 16.9 Å². The number of ketones is 1. The fourth-order valence-corrected chi connectivity index (χ4v) is 3.24. The fourth-order valence-electron chi connectivity index (χ4n) is 3.24. The fraction of sp³-hybridized carbons (Fsp3) is 0.316. The Morgan fingerprint density at radius 1 is 0.889 bits per heavy atom. The Morgan fingerprint density at radius 3 is 2.00 bits per heavy atom. The molecule has 1 fully saturated rings. The second-order valence-corrected chi connectivity index (χ2v) is 6.37. The molecule has 1 aliphatic rings. The predicted molar refractivity (Wildman–Crippen MR) is 84.7 cm³/mol. The zero-order valence-electron chi connectivity index (χ0n) is 13.9. The van der Waals surface area contributed by atoms with Gasteiger partial charge in [0.05, 0.1) is 5.56 Å². The molecule has 0 unspecified atom stereocenters. The van der Waals surface area contributed by atoms with Crippen LogP contribution in [0.25, 0.3) is 11.1 Å². The molecule has 0 aromatic heterocycles. The summed E-state index contributed by atoms with van der Waals surface area (Å²) in [4.78, 5) is 11.3. The van der Waals surface area contributed by atoms with Crippen LogP contribution in [0.2, 0.25) is 0 Å². The van der Waals surface area contributed by atoms with Crippen LogP contribution >= 0.6 is 0 Å². The van der Waals surface area contributed by atoms with Crippen LogP contribution in [0.5, 0.6) is 5.75 Å². The lowest BCUT2D eigenvalue weighted by molar-refractivity contribution is -0.275. The van der Waals surface area contributed by atoms with E-state index in [-0.39, 0.29) is 17.3 Å². The number of hydrogen-bond donors (Lipinski definition) is 0. The molecule has 2 aromatic rings. The minimum atomic E-state index is -5.08. The molecule has 0 heterocycles. The quantitative estimate of drug-likeness (QED) is 0.613. The van der Waals surface area contributed by atoms with Gasteiger partial charge in [-0.25, -0.2) is 13.2 Å². The second kappa shape index (κ2) is 7.25. The molecule has 2 aromatic carbocycles. The van der Waals surface area contributed by atoms with E-state index < -0.39 is 35.1 Å². The lowest BCUT2D eigenvalue weighted by Crippen LogP contribution is -2.17. The predicted octanol–water partition coefficient (Wildman–Crippen LogP) is 5.90. The molecule has 0 amide bonds. The van der Waals surface area contributed by atoms with Crippen LogP contribution in [0.15, 0.2) is 30.3 Å². The van der Waals surface area contributed by atoms with Crippen LogP contribution in [0.3, 0.4) is 0 Å². The Balaban J connectivity index is 1.91. The standard InChI is InChI=1S/C19H14F6O2/c20-14-7-11(3-6-17(14)27-19(23,24)25)18-15(21)8-12(9-16(18)22)10-1-4-13(26)5-2-10/h3,6-10H,1-2,4-5H2. The molecule has 27 heavy (non-hydrogen) atoms. The number of carbonyl (C=O) groups excluding carboxylic acids is 1. The van der Waals surface area contributed by atoms with E-state index in [9.17, 15) is 31.1 Å². The van der Waals surface area contributed by atoms with Crippen LogP contribution in [0.1, 0.15) is 37.2 Å². The zero-order chi connectivity index (χ0) is 19.8. The summed E-state index contributed by atoms with van der Waals surface area (Å²) < 4.78 is 82.9. The average molecular weight is 388 g/mol. The number of carbonyl (C=O) groups is 1. The van der Waals surface area contributed by atoms with Gasteiger partial charge in [-0.2, -0.15) is 0 Å². The lowest BCUT2D eigenvalue weighted by atomic mass is 9.83. The van der Waals surface area contributed by atoms with E-state index in [4.69, 9.17) is 0 Å². The maximum Gasteiger partial charge on any atom is 0.573 e. The van der Waals surface area contributed by atoms with Crippen molar-refractivity contribution < 1.29 is 35.9 Å². The second-order valence-electron chi connectivity index (χ2n) is 6.37. The van der Waals surface area contributed by atoms with E-state index in [0.717, 1.165) is 18.2 Å². The van der Waals surface area contributed by atoms with E-state index in [0.29, 0.717) is 43.4 Å². The van der Waals surface area contributed by atoms with E-state index in [2.05, 4.69) is 4.74 Å². The highest BCUT2D eigenvalue weighted by molar-refractivity contribution is 5.79. The van der Waals surface area contributed by atoms with Crippen molar-refractivity contribution in [2.24, 2.45) is 0 Å². The van der Waals surface area contributed by atoms with Crippen molar-refractivity contribution in [2.75, 3.05) is 0 Å². The number of ether oxygens (including phenoxy) is 1. The first-order valence-electron chi connectivity index (χ1n) is 8.20. The monoisotopic (exact) mass is 388 g/mol. The number of rotatable bonds is 3. The molecule has 0 atom stereocenters. The van der Waals surface area contributed by atoms with Crippen molar-refractivity contribution in [1.29, 1.82) is 0 Å². The Bertz CT molecular complexity index is 842. The highest BCUT2D eigenvalue weighted by Gasteiger charge is 2.32. The molecule has 3 rings (SSSR count). The first kappa shape index (κ1) is 19.3. The van der Waals surface area contributed by atoms with Crippen LogP contribution in [-0.2, 0) is 4.79 Å². The van der Waals surface area contributed by atoms with Gasteiger partial charge in [-0.3, -0.25) is 4.79 Å². The van der Waals surface area contributed by atoms with Gasteiger partial charge in [0.15, 0.2) is 11.6 Å². The summed E-state index contributed by atoms with van der Waals surface area (Å²) in [6, 6.07) is 4.44. The first-order chi connectivity index (χ1) is 12.6. The Kier molecular flexibility index (Phi) is 5.17. The molecule has 0 radical (unpaired) electrons. The lowest BCUT2D eigenvalue weighted by Gasteiger charge is -2.22. The highest BCUT2D eigenvalue weighted by atomic mass is 19.4. The van der Waals surface area contributed by atoms with Crippen molar-refractivity contribution in [1.82, 2.24) is 0 Å². The Hall–Kier alpha value is -2.51. The molecule has 1 saturated carbocycles. The molecule has 2 nitrogen and oxygen atoms in total. The van der Waals surface area contributed by atoms with Gasteiger partial charge in [-0.05, 0) is 54.2 Å². The summed E-state index contributed by atoms with van der Waals surface area (Å²) in [5, 5.41) is 0. The molecular weight excluding hydrogens is 374 g/mol. The zero-order valence-corrected chi connectivity index (χ0v) is 13.9. The largest absolute Gasteiger partial charge is 0.573 e. The van der Waals surface area contributed by atoms with E-state index in [1.54, 1.807) is 0 Å². The molecule has 8 heteroatoms. The summed E-state index contributed by atoms with van der Waals surface area (Å²) in [5.41, 5.74) is -0.385. The van der Waals surface area contributed by atoms with Crippen molar-refractivity contribution in [2.45, 2.75) is 38.0 Å². The summed E-state index contributed by atoms with van der Waals surface area (Å²) >= 11 is 0. The van der Waals surface area contributed by atoms with Crippen LogP contribution in [0, 0.1) is 17.5 Å². The number of benzene rings is 2. The molecule has 0 bridgehead atoms. The summed E-state index contributed by atoms with van der Waals surface area (Å²) in [5.74, 6) is -4.42. The van der Waals surface area contributed by atoms with Gasteiger partial charge in [0.1, 0.15) is 17.4 Å². The van der Waals surface area contributed by atoms with Gasteiger partial charge in [-0.15, -0.1) is 13.2 Å². The van der Waals surface area contributed by atoms with Gasteiger partial charge < -0.3 is 4.74 Å². The van der Waals surface area contributed by atoms with E-state index in [1.165, 1.54) is 0 Å². The minimum absolute atomic E-state index is 0.112. The molecular formula is C19H14F6O2. The van der Waals surface area contributed by atoms with E-state index in [1.807, 2.05) is 0 Å². The Labute approximate surface area is 150 Å². The van der Waals surface area contributed by atoms with Gasteiger partial charge in [0.2, 0.25) is 0 Å². The van der Waals surface area contributed by atoms with Crippen LogP contribution in [0.4, 0.5) is 26.3 Å². The summed E-state index contributed by atoms with van der Waals surface area (Å²) in [7, 11) is 0. The van der Waals surface area contributed by atoms with Gasteiger partial charge in [0, 0.05) is 12.8 Å². The average Bonchev–Trinajstić information content (AvgIpc) is 2.56. The van der Waals surface area contributed by atoms with Crippen LogP contribution < -0.4 is 4.74 Å². The van der Waals surface area contributed by atoms with Gasteiger partial charge in [-0.1, -0.05) is 6.07 Å². The molecule has 0 saturated heterocycles. The molecule has 0 N–H and O–H groups in total. The number of halogens is 6. The van der Waals surface area contributed by atoms with E-state index >= 15 is 0 Å². The molecule has 1 aliphatic carbocycles. The normalized spacial score (nSPS) is 15.9. The number of Topliss-reactive ketones (excluding diaryl/α,β-unsaturated/α-hetero) is 1. The third-order valence-electron chi connectivity index (χ3n) is 4.53. The summed E-state index contributed by atoms with van der Waals surface area (Å²) in [6.45, 7) is 0. The first-order valence-corrected chi connectivity index (χ1v) is 8.20. The number of alkyl halides is 3. The topological polar surface area (TPSA) is 26.3 Å². The van der Waals surface area contributed by atoms with Crippen molar-refractivity contribution in [3.05, 3.63) is 53.3 Å². The highest BCUT2D eigenvalue weighted by Crippen LogP contribution is 2.36. The molecule has 0 aliphatic heterocycles. The third-order valence-corrected chi connectivity index (χ3v) is 4.53. The number of hydrogen-bond acceptors (Lipinski definition) is 2. The van der Waals surface area contributed by atoms with Crippen molar-refractivity contribution in [3.63, 3.8) is 0 Å². The SMILES string of the molecule is O=C1CCC(c2cc(F)c(-c3ccc(OC(F)(F)F)c(F)c3)c(F)c2)CC1. The van der Waals surface area contributed by atoms with Gasteiger partial charge >= 0.3 is 6.36 Å². The summed E-state index contributed by atoms with van der Waals surface area (Å²) in [6.07, 6.45) is -3.39.